The van der Waals surface area contributed by atoms with E-state index in [1.165, 1.54) is 16.7 Å². The Labute approximate surface area is 168 Å². The number of thiocarbonyl (C=S) groups is 1. The lowest BCUT2D eigenvalue weighted by Crippen LogP contribution is -2.27. The molecule has 0 N–H and O–H groups in total. The summed E-state index contributed by atoms with van der Waals surface area (Å²) in [4.78, 5) is 14.9. The number of anilines is 1. The normalized spacial score (nSPS) is 17.3. The van der Waals surface area contributed by atoms with Crippen LogP contribution in [0.1, 0.15) is 5.56 Å². The third-order valence-corrected chi connectivity index (χ3v) is 5.89. The van der Waals surface area contributed by atoms with E-state index >= 15 is 0 Å². The highest BCUT2D eigenvalue weighted by Crippen LogP contribution is 2.41. The minimum absolute atomic E-state index is 0.158. The molecule has 0 atom stereocenters. The van der Waals surface area contributed by atoms with E-state index in [2.05, 4.69) is 15.9 Å². The van der Waals surface area contributed by atoms with Gasteiger partial charge in [0.05, 0.1) is 17.7 Å². The highest BCUT2D eigenvalue weighted by atomic mass is 79.9. The van der Waals surface area contributed by atoms with Gasteiger partial charge in [-0.3, -0.25) is 9.69 Å². The number of carbonyl (C=O) groups excluding carboxylic acids is 1. The van der Waals surface area contributed by atoms with Gasteiger partial charge in [0.15, 0.2) is 15.8 Å². The SMILES string of the molecule is COc1ccc(N2C(=O)/C(=C\c3cc4c(cc3Br)OCO4)SC2=S)cc1. The summed E-state index contributed by atoms with van der Waals surface area (Å²) < 4.78 is 17.2. The molecule has 132 valence electrons. The molecule has 1 amide bonds. The zero-order valence-electron chi connectivity index (χ0n) is 13.5. The van der Waals surface area contributed by atoms with Crippen LogP contribution in [0.4, 0.5) is 5.69 Å². The fourth-order valence-corrected chi connectivity index (χ4v) is 4.33. The Hall–Kier alpha value is -2.03. The van der Waals surface area contributed by atoms with E-state index in [4.69, 9.17) is 26.4 Å². The summed E-state index contributed by atoms with van der Waals surface area (Å²) >= 11 is 10.2. The number of rotatable bonds is 3. The van der Waals surface area contributed by atoms with Crippen LogP contribution in [0.25, 0.3) is 6.08 Å². The van der Waals surface area contributed by atoms with Gasteiger partial charge >= 0.3 is 0 Å². The van der Waals surface area contributed by atoms with Gasteiger partial charge in [-0.15, -0.1) is 0 Å². The summed E-state index contributed by atoms with van der Waals surface area (Å²) in [5.74, 6) is 1.90. The van der Waals surface area contributed by atoms with Gasteiger partial charge in [0.25, 0.3) is 5.91 Å². The predicted molar refractivity (Wildman–Crippen MR) is 109 cm³/mol. The second kappa shape index (κ2) is 6.94. The van der Waals surface area contributed by atoms with Crippen LogP contribution in [0, 0.1) is 0 Å². The molecule has 0 bridgehead atoms. The number of hydrogen-bond acceptors (Lipinski definition) is 6. The van der Waals surface area contributed by atoms with Crippen LogP contribution in [0.3, 0.4) is 0 Å². The van der Waals surface area contributed by atoms with Gasteiger partial charge in [-0.1, -0.05) is 39.9 Å². The molecule has 4 rings (SSSR count). The van der Waals surface area contributed by atoms with Crippen LogP contribution in [-0.2, 0) is 4.79 Å². The molecular formula is C18H12BrNO4S2. The van der Waals surface area contributed by atoms with Crippen LogP contribution < -0.4 is 19.1 Å². The van der Waals surface area contributed by atoms with Gasteiger partial charge < -0.3 is 14.2 Å². The summed E-state index contributed by atoms with van der Waals surface area (Å²) in [6, 6.07) is 10.9. The number of thioether (sulfide) groups is 1. The molecular weight excluding hydrogens is 438 g/mol. The number of carbonyl (C=O) groups is 1. The summed E-state index contributed by atoms with van der Waals surface area (Å²) in [6.07, 6.45) is 1.80. The van der Waals surface area contributed by atoms with Gasteiger partial charge in [0.1, 0.15) is 5.75 Å². The number of hydrogen-bond donors (Lipinski definition) is 0. The lowest BCUT2D eigenvalue weighted by molar-refractivity contribution is -0.113. The highest BCUT2D eigenvalue weighted by molar-refractivity contribution is 9.10. The summed E-state index contributed by atoms with van der Waals surface area (Å²) in [7, 11) is 1.60. The Balaban J connectivity index is 1.65. The predicted octanol–water partition coefficient (Wildman–Crippen LogP) is 4.59. The molecule has 0 radical (unpaired) electrons. The van der Waals surface area contributed by atoms with E-state index in [1.807, 2.05) is 24.3 Å². The Bertz CT molecular complexity index is 943. The quantitative estimate of drug-likeness (QED) is 0.504. The Morgan fingerprint density at radius 3 is 2.62 bits per heavy atom. The molecule has 0 unspecified atom stereocenters. The lowest BCUT2D eigenvalue weighted by atomic mass is 10.2. The molecule has 2 aromatic rings. The molecule has 5 nitrogen and oxygen atoms in total. The summed E-state index contributed by atoms with van der Waals surface area (Å²) in [5.41, 5.74) is 1.53. The molecule has 8 heteroatoms. The molecule has 0 spiro atoms. The Kier molecular flexibility index (Phi) is 4.64. The molecule has 2 aliphatic heterocycles. The van der Waals surface area contributed by atoms with E-state index in [0.717, 1.165) is 15.8 Å². The van der Waals surface area contributed by atoms with Gasteiger partial charge in [-0.25, -0.2) is 0 Å². The van der Waals surface area contributed by atoms with E-state index in [-0.39, 0.29) is 12.7 Å². The molecule has 0 aliphatic carbocycles. The van der Waals surface area contributed by atoms with Crippen molar-refractivity contribution in [3.63, 3.8) is 0 Å². The molecule has 1 fully saturated rings. The maximum atomic E-state index is 12.9. The zero-order valence-corrected chi connectivity index (χ0v) is 16.7. The molecule has 0 saturated carbocycles. The van der Waals surface area contributed by atoms with Crippen molar-refractivity contribution in [1.82, 2.24) is 0 Å². The highest BCUT2D eigenvalue weighted by Gasteiger charge is 2.33. The van der Waals surface area contributed by atoms with Crippen molar-refractivity contribution in [2.24, 2.45) is 0 Å². The van der Waals surface area contributed by atoms with E-state index in [0.29, 0.717) is 26.4 Å². The molecule has 1 saturated heterocycles. The van der Waals surface area contributed by atoms with E-state index < -0.39 is 0 Å². The first-order valence-corrected chi connectivity index (χ1v) is 9.60. The van der Waals surface area contributed by atoms with Crippen LogP contribution in [0.15, 0.2) is 45.8 Å². The van der Waals surface area contributed by atoms with Crippen molar-refractivity contribution in [2.45, 2.75) is 0 Å². The lowest BCUT2D eigenvalue weighted by Gasteiger charge is -2.14. The third kappa shape index (κ3) is 3.08. The van der Waals surface area contributed by atoms with Crippen LogP contribution in [-0.4, -0.2) is 24.1 Å². The molecule has 2 aromatic carbocycles. The molecule has 2 aliphatic rings. The Morgan fingerprint density at radius 2 is 1.92 bits per heavy atom. The second-order valence-electron chi connectivity index (χ2n) is 5.44. The molecule has 26 heavy (non-hydrogen) atoms. The molecule has 0 aromatic heterocycles. The zero-order chi connectivity index (χ0) is 18.3. The van der Waals surface area contributed by atoms with Crippen molar-refractivity contribution in [3.05, 3.63) is 51.3 Å². The number of methoxy groups -OCH3 is 1. The number of fused-ring (bicyclic) bond motifs is 1. The average molecular weight is 450 g/mol. The van der Waals surface area contributed by atoms with Crippen molar-refractivity contribution >= 4 is 61.9 Å². The first-order chi connectivity index (χ1) is 12.6. The topological polar surface area (TPSA) is 48.0 Å². The Morgan fingerprint density at radius 1 is 1.23 bits per heavy atom. The number of nitrogens with zero attached hydrogens (tertiary/aromatic N) is 1. The van der Waals surface area contributed by atoms with E-state index in [9.17, 15) is 4.79 Å². The number of amides is 1. The summed E-state index contributed by atoms with van der Waals surface area (Å²) in [6.45, 7) is 0.199. The second-order valence-corrected chi connectivity index (χ2v) is 7.97. The number of benzene rings is 2. The largest absolute Gasteiger partial charge is 0.497 e. The van der Waals surface area contributed by atoms with Crippen molar-refractivity contribution in [3.8, 4) is 17.2 Å². The summed E-state index contributed by atoms with van der Waals surface area (Å²) in [5, 5.41) is 0. The minimum Gasteiger partial charge on any atom is -0.497 e. The van der Waals surface area contributed by atoms with Crippen molar-refractivity contribution in [2.75, 3.05) is 18.8 Å². The smallest absolute Gasteiger partial charge is 0.270 e. The van der Waals surface area contributed by atoms with Gasteiger partial charge in [-0.2, -0.15) is 0 Å². The van der Waals surface area contributed by atoms with Crippen LogP contribution in [0.5, 0.6) is 17.2 Å². The number of halogens is 1. The fourth-order valence-electron chi connectivity index (χ4n) is 2.61. The van der Waals surface area contributed by atoms with E-state index in [1.54, 1.807) is 25.3 Å². The third-order valence-electron chi connectivity index (χ3n) is 3.90. The first-order valence-electron chi connectivity index (χ1n) is 7.58. The standard InChI is InChI=1S/C18H12BrNO4S2/c1-22-12-4-2-11(3-5-12)20-17(21)16(26-18(20)25)7-10-6-14-15(8-13(10)19)24-9-23-14/h2-8H,9H2,1H3/b16-7+. The molecule has 2 heterocycles. The number of ether oxygens (including phenoxy) is 3. The maximum Gasteiger partial charge on any atom is 0.270 e. The maximum absolute atomic E-state index is 12.9. The van der Waals surface area contributed by atoms with Crippen LogP contribution >= 0.6 is 39.9 Å². The van der Waals surface area contributed by atoms with Gasteiger partial charge in [0.2, 0.25) is 6.79 Å². The monoisotopic (exact) mass is 449 g/mol. The fraction of sp³-hybridized carbons (Fsp3) is 0.111. The first kappa shape index (κ1) is 17.4. The van der Waals surface area contributed by atoms with Crippen LogP contribution in [0.2, 0.25) is 0 Å². The minimum atomic E-state index is -0.158. The average Bonchev–Trinajstić information content (AvgIpc) is 3.19. The van der Waals surface area contributed by atoms with Gasteiger partial charge in [-0.05, 0) is 48.0 Å². The van der Waals surface area contributed by atoms with Crippen molar-refractivity contribution in [1.29, 1.82) is 0 Å². The van der Waals surface area contributed by atoms with Gasteiger partial charge in [0, 0.05) is 4.47 Å². The van der Waals surface area contributed by atoms with Crippen molar-refractivity contribution < 1.29 is 19.0 Å².